The summed E-state index contributed by atoms with van der Waals surface area (Å²) in [5, 5.41) is 2.41. The highest BCUT2D eigenvalue weighted by Crippen LogP contribution is 2.23. The summed E-state index contributed by atoms with van der Waals surface area (Å²) >= 11 is 0. The van der Waals surface area contributed by atoms with Crippen LogP contribution in [0.25, 0.3) is 10.8 Å². The Morgan fingerprint density at radius 2 is 1.93 bits per heavy atom. The van der Waals surface area contributed by atoms with E-state index in [4.69, 9.17) is 5.73 Å². The molecule has 0 amide bonds. The van der Waals surface area contributed by atoms with Crippen LogP contribution in [0.1, 0.15) is 25.0 Å². The van der Waals surface area contributed by atoms with Gasteiger partial charge in [0.05, 0.1) is 0 Å². The van der Waals surface area contributed by atoms with Crippen molar-refractivity contribution in [1.29, 1.82) is 0 Å². The maximum atomic E-state index is 6.07. The van der Waals surface area contributed by atoms with E-state index < -0.39 is 0 Å². The van der Waals surface area contributed by atoms with Crippen molar-refractivity contribution in [2.45, 2.75) is 26.3 Å². The van der Waals surface area contributed by atoms with Crippen LogP contribution in [0.2, 0.25) is 0 Å². The molecule has 2 heteroatoms. The number of nitrogens with zero attached hydrogens (tertiary/aromatic N) is 1. The second-order valence-corrected chi connectivity index (χ2v) is 4.61. The summed E-state index contributed by atoms with van der Waals surface area (Å²) in [4.78, 5) is 4.19. The SMILES string of the molecule is Cc1cncc2cc(C(C)(C)N)ccc12. The Kier molecular flexibility index (Phi) is 2.24. The van der Waals surface area contributed by atoms with Crippen LogP contribution in [0, 0.1) is 6.92 Å². The predicted molar refractivity (Wildman–Crippen MR) is 63.7 cm³/mol. The number of hydrogen-bond acceptors (Lipinski definition) is 2. The molecule has 15 heavy (non-hydrogen) atoms. The van der Waals surface area contributed by atoms with E-state index in [1.807, 2.05) is 26.2 Å². The second-order valence-electron chi connectivity index (χ2n) is 4.61. The Morgan fingerprint density at radius 3 is 2.60 bits per heavy atom. The van der Waals surface area contributed by atoms with Gasteiger partial charge in [0.2, 0.25) is 0 Å². The molecule has 1 aromatic carbocycles. The summed E-state index contributed by atoms with van der Waals surface area (Å²) in [6.45, 7) is 6.09. The third-order valence-electron chi connectivity index (χ3n) is 2.70. The zero-order valence-electron chi connectivity index (χ0n) is 9.41. The zero-order valence-corrected chi connectivity index (χ0v) is 9.41. The Hall–Kier alpha value is -1.41. The van der Waals surface area contributed by atoms with Gasteiger partial charge < -0.3 is 5.73 Å². The normalized spacial score (nSPS) is 12.0. The van der Waals surface area contributed by atoms with Crippen molar-refractivity contribution in [2.75, 3.05) is 0 Å². The highest BCUT2D eigenvalue weighted by atomic mass is 14.7. The average Bonchev–Trinajstić information content (AvgIpc) is 2.16. The lowest BCUT2D eigenvalue weighted by Gasteiger charge is -2.19. The molecular formula is C13H16N2. The number of benzene rings is 1. The van der Waals surface area contributed by atoms with Crippen molar-refractivity contribution in [3.8, 4) is 0 Å². The van der Waals surface area contributed by atoms with E-state index in [1.165, 1.54) is 10.9 Å². The first-order valence-corrected chi connectivity index (χ1v) is 5.12. The zero-order chi connectivity index (χ0) is 11.1. The number of rotatable bonds is 1. The lowest BCUT2D eigenvalue weighted by Crippen LogP contribution is -2.28. The summed E-state index contributed by atoms with van der Waals surface area (Å²) in [5.74, 6) is 0. The smallest absolute Gasteiger partial charge is 0.0352 e. The minimum atomic E-state index is -0.294. The van der Waals surface area contributed by atoms with E-state index in [9.17, 15) is 0 Å². The third kappa shape index (κ3) is 1.85. The quantitative estimate of drug-likeness (QED) is 0.768. The van der Waals surface area contributed by atoms with Gasteiger partial charge in [-0.25, -0.2) is 0 Å². The number of hydrogen-bond donors (Lipinski definition) is 1. The maximum Gasteiger partial charge on any atom is 0.0352 e. The number of fused-ring (bicyclic) bond motifs is 1. The van der Waals surface area contributed by atoms with E-state index in [0.29, 0.717) is 0 Å². The monoisotopic (exact) mass is 200 g/mol. The first kappa shape index (κ1) is 10.1. The van der Waals surface area contributed by atoms with Crippen LogP contribution in [0.15, 0.2) is 30.6 Å². The molecule has 1 heterocycles. The second kappa shape index (κ2) is 3.31. The van der Waals surface area contributed by atoms with E-state index >= 15 is 0 Å². The standard InChI is InChI=1S/C13H16N2/c1-9-7-15-8-10-6-11(13(2,3)14)4-5-12(9)10/h4-8H,14H2,1-3H3. The summed E-state index contributed by atoms with van der Waals surface area (Å²) < 4.78 is 0. The van der Waals surface area contributed by atoms with Gasteiger partial charge in [-0.05, 0) is 43.4 Å². The Labute approximate surface area is 90.1 Å². The van der Waals surface area contributed by atoms with Crippen molar-refractivity contribution in [2.24, 2.45) is 5.73 Å². The van der Waals surface area contributed by atoms with Crippen LogP contribution in [-0.2, 0) is 5.54 Å². The number of aromatic nitrogens is 1. The highest BCUT2D eigenvalue weighted by Gasteiger charge is 2.14. The Bertz CT molecular complexity index is 495. The molecule has 1 aromatic heterocycles. The minimum absolute atomic E-state index is 0.294. The number of nitrogens with two attached hydrogens (primary N) is 1. The van der Waals surface area contributed by atoms with E-state index in [0.717, 1.165) is 10.9 Å². The molecule has 0 atom stereocenters. The Morgan fingerprint density at radius 1 is 1.20 bits per heavy atom. The topological polar surface area (TPSA) is 38.9 Å². The summed E-state index contributed by atoms with van der Waals surface area (Å²) in [7, 11) is 0. The number of pyridine rings is 1. The van der Waals surface area contributed by atoms with Gasteiger partial charge in [-0.15, -0.1) is 0 Å². The van der Waals surface area contributed by atoms with Gasteiger partial charge >= 0.3 is 0 Å². The number of aryl methyl sites for hydroxylation is 1. The molecule has 2 N–H and O–H groups in total. The minimum Gasteiger partial charge on any atom is -0.322 e. The summed E-state index contributed by atoms with van der Waals surface area (Å²) in [6.07, 6.45) is 3.77. The fourth-order valence-corrected chi connectivity index (χ4v) is 1.73. The van der Waals surface area contributed by atoms with Crippen LogP contribution < -0.4 is 5.73 Å². The van der Waals surface area contributed by atoms with Crippen molar-refractivity contribution in [3.05, 3.63) is 41.7 Å². The fourth-order valence-electron chi connectivity index (χ4n) is 1.73. The van der Waals surface area contributed by atoms with Crippen molar-refractivity contribution in [1.82, 2.24) is 4.98 Å². The highest BCUT2D eigenvalue weighted by molar-refractivity contribution is 5.85. The van der Waals surface area contributed by atoms with Gasteiger partial charge in [-0.1, -0.05) is 12.1 Å². The van der Waals surface area contributed by atoms with Gasteiger partial charge in [0.15, 0.2) is 0 Å². The third-order valence-corrected chi connectivity index (χ3v) is 2.70. The van der Waals surface area contributed by atoms with Crippen LogP contribution in [0.4, 0.5) is 0 Å². The molecule has 2 nitrogen and oxygen atoms in total. The van der Waals surface area contributed by atoms with Crippen molar-refractivity contribution < 1.29 is 0 Å². The Balaban J connectivity index is 2.68. The summed E-state index contributed by atoms with van der Waals surface area (Å²) in [5.41, 5.74) is 8.12. The van der Waals surface area contributed by atoms with Crippen molar-refractivity contribution >= 4 is 10.8 Å². The lowest BCUT2D eigenvalue weighted by molar-refractivity contribution is 0.555. The maximum absolute atomic E-state index is 6.07. The average molecular weight is 200 g/mol. The molecule has 0 bridgehead atoms. The van der Waals surface area contributed by atoms with Crippen molar-refractivity contribution in [3.63, 3.8) is 0 Å². The van der Waals surface area contributed by atoms with Crippen LogP contribution >= 0.6 is 0 Å². The summed E-state index contributed by atoms with van der Waals surface area (Å²) in [6, 6.07) is 6.33. The van der Waals surface area contributed by atoms with E-state index in [2.05, 4.69) is 30.1 Å². The van der Waals surface area contributed by atoms with E-state index in [1.54, 1.807) is 0 Å². The molecule has 0 aliphatic heterocycles. The molecule has 0 unspecified atom stereocenters. The molecule has 0 spiro atoms. The molecule has 0 aliphatic carbocycles. The molecule has 78 valence electrons. The van der Waals surface area contributed by atoms with E-state index in [-0.39, 0.29) is 5.54 Å². The molecule has 0 aliphatic rings. The van der Waals surface area contributed by atoms with Gasteiger partial charge in [-0.2, -0.15) is 0 Å². The fraction of sp³-hybridized carbons (Fsp3) is 0.308. The molecule has 2 rings (SSSR count). The molecule has 0 radical (unpaired) electrons. The molecule has 0 saturated carbocycles. The van der Waals surface area contributed by atoms with Gasteiger partial charge in [0.1, 0.15) is 0 Å². The van der Waals surface area contributed by atoms with Crippen LogP contribution in [0.3, 0.4) is 0 Å². The van der Waals surface area contributed by atoms with Gasteiger partial charge in [0, 0.05) is 23.3 Å². The van der Waals surface area contributed by atoms with Crippen LogP contribution in [0.5, 0.6) is 0 Å². The molecule has 0 fully saturated rings. The lowest BCUT2D eigenvalue weighted by atomic mass is 9.93. The largest absolute Gasteiger partial charge is 0.322 e. The predicted octanol–water partition coefficient (Wildman–Crippen LogP) is 2.74. The molecule has 2 aromatic rings. The molecule has 0 saturated heterocycles. The first-order valence-electron chi connectivity index (χ1n) is 5.12. The molecular weight excluding hydrogens is 184 g/mol. The van der Waals surface area contributed by atoms with Crippen LogP contribution in [-0.4, -0.2) is 4.98 Å². The van der Waals surface area contributed by atoms with Gasteiger partial charge in [0.25, 0.3) is 0 Å². The first-order chi connectivity index (χ1) is 6.98. The van der Waals surface area contributed by atoms with Gasteiger partial charge in [-0.3, -0.25) is 4.98 Å².